The van der Waals surface area contributed by atoms with E-state index in [4.69, 9.17) is 16.6 Å². The van der Waals surface area contributed by atoms with Crippen LogP contribution in [0, 0.1) is 0 Å². The molecule has 4 heterocycles. The molecule has 0 amide bonds. The largest absolute Gasteiger partial charge is 0.434 e. The number of nitrogens with zero attached hydrogens (tertiary/aromatic N) is 8. The Hall–Kier alpha value is -3.93. The smallest absolute Gasteiger partial charge is 0.364 e. The van der Waals surface area contributed by atoms with Crippen molar-refractivity contribution in [1.29, 1.82) is 0 Å². The van der Waals surface area contributed by atoms with Crippen molar-refractivity contribution >= 4 is 28.5 Å². The molecule has 1 saturated carbocycles. The topological polar surface area (TPSA) is 91.3 Å². The fourth-order valence-electron chi connectivity index (χ4n) is 4.23. The summed E-state index contributed by atoms with van der Waals surface area (Å²) in [6.45, 7) is 0.409. The molecule has 0 unspecified atom stereocenters. The number of anilines is 1. The first-order chi connectivity index (χ1) is 17.7. The number of benzene rings is 1. The van der Waals surface area contributed by atoms with Gasteiger partial charge in [-0.25, -0.2) is 15.0 Å². The number of fused-ring (bicyclic) bond motifs is 1. The molecule has 4 aromatic heterocycles. The molecular weight excluding hydrogens is 507 g/mol. The van der Waals surface area contributed by atoms with Crippen molar-refractivity contribution in [3.8, 4) is 22.9 Å². The first-order valence-electron chi connectivity index (χ1n) is 11.6. The molecule has 0 spiro atoms. The number of nitrogens with one attached hydrogen (secondary N) is 1. The van der Waals surface area contributed by atoms with E-state index in [2.05, 4.69) is 25.5 Å². The van der Waals surface area contributed by atoms with Crippen LogP contribution in [0.2, 0.25) is 5.02 Å². The Labute approximate surface area is 213 Å². The third kappa shape index (κ3) is 4.41. The predicted molar refractivity (Wildman–Crippen MR) is 132 cm³/mol. The average molecular weight is 528 g/mol. The molecule has 1 aromatic carbocycles. The first-order valence-corrected chi connectivity index (χ1v) is 11.9. The normalized spacial score (nSPS) is 14.0. The summed E-state index contributed by atoms with van der Waals surface area (Å²) in [5.74, 6) is 1.25. The summed E-state index contributed by atoms with van der Waals surface area (Å²) in [4.78, 5) is 13.2. The third-order valence-corrected chi connectivity index (χ3v) is 6.45. The highest BCUT2D eigenvalue weighted by molar-refractivity contribution is 6.32. The summed E-state index contributed by atoms with van der Waals surface area (Å²) < 4.78 is 44.0. The highest BCUT2D eigenvalue weighted by Gasteiger charge is 2.34. The number of halogens is 4. The van der Waals surface area contributed by atoms with Gasteiger partial charge in [0.05, 0.1) is 23.5 Å². The number of rotatable bonds is 6. The van der Waals surface area contributed by atoms with Gasteiger partial charge in [-0.15, -0.1) is 0 Å². The Morgan fingerprint density at radius 2 is 1.81 bits per heavy atom. The molecule has 1 fully saturated rings. The second kappa shape index (κ2) is 8.58. The zero-order valence-electron chi connectivity index (χ0n) is 19.8. The zero-order valence-corrected chi connectivity index (χ0v) is 20.6. The molecule has 37 heavy (non-hydrogen) atoms. The van der Waals surface area contributed by atoms with E-state index in [0.717, 1.165) is 24.6 Å². The van der Waals surface area contributed by atoms with E-state index < -0.39 is 11.9 Å². The third-order valence-electron chi connectivity index (χ3n) is 6.17. The number of hydrogen-bond donors (Lipinski definition) is 1. The summed E-state index contributed by atoms with van der Waals surface area (Å²) in [6.07, 6.45) is 1.99. The van der Waals surface area contributed by atoms with Gasteiger partial charge in [0.2, 0.25) is 0 Å². The van der Waals surface area contributed by atoms with E-state index >= 15 is 0 Å². The first kappa shape index (κ1) is 23.5. The van der Waals surface area contributed by atoms with Crippen molar-refractivity contribution in [3.63, 3.8) is 0 Å². The van der Waals surface area contributed by atoms with Crippen LogP contribution in [0.3, 0.4) is 0 Å². The van der Waals surface area contributed by atoms with Crippen LogP contribution >= 0.6 is 11.6 Å². The number of alkyl halides is 3. The quantitative estimate of drug-likeness (QED) is 0.324. The number of aromatic nitrogens is 8. The minimum atomic E-state index is -4.49. The van der Waals surface area contributed by atoms with Gasteiger partial charge in [0.25, 0.3) is 0 Å². The molecule has 5 aromatic rings. The maximum absolute atomic E-state index is 13.0. The standard InChI is InChI=1S/C24H21ClF3N9/c1-35-12-18(24(26,27)28)32-23(35)14-5-3-13(4-6-14)9-29-21-19-17(11-36(2)34-19)31-22(33-21)20-16(25)10-30-37(20)15-7-8-15/h3-6,10-12,15H,7-9H2,1-2H3,(H,29,31,33). The minimum Gasteiger partial charge on any atom is -0.364 e. The average Bonchev–Trinajstić information content (AvgIpc) is 3.33. The van der Waals surface area contributed by atoms with Crippen LogP contribution in [0.25, 0.3) is 33.9 Å². The Morgan fingerprint density at radius 1 is 1.05 bits per heavy atom. The van der Waals surface area contributed by atoms with Crippen molar-refractivity contribution < 1.29 is 13.2 Å². The minimum absolute atomic E-state index is 0.242. The Kier molecular flexibility index (Phi) is 5.44. The number of aryl methyl sites for hydroxylation is 2. The lowest BCUT2D eigenvalue weighted by Gasteiger charge is -2.10. The van der Waals surface area contributed by atoms with Gasteiger partial charge < -0.3 is 9.88 Å². The summed E-state index contributed by atoms with van der Waals surface area (Å²) in [7, 11) is 3.35. The van der Waals surface area contributed by atoms with Crippen LogP contribution in [0.1, 0.15) is 30.1 Å². The monoisotopic (exact) mass is 527 g/mol. The Morgan fingerprint density at radius 3 is 2.49 bits per heavy atom. The zero-order chi connectivity index (χ0) is 25.9. The van der Waals surface area contributed by atoms with Gasteiger partial charge in [-0.1, -0.05) is 35.9 Å². The molecule has 0 atom stereocenters. The number of imidazole rings is 1. The molecule has 190 valence electrons. The van der Waals surface area contributed by atoms with Gasteiger partial charge in [0.1, 0.15) is 17.0 Å². The number of hydrogen-bond acceptors (Lipinski definition) is 6. The van der Waals surface area contributed by atoms with E-state index in [1.807, 2.05) is 30.1 Å². The second-order valence-electron chi connectivity index (χ2n) is 9.06. The van der Waals surface area contributed by atoms with Crippen LogP contribution in [-0.4, -0.2) is 39.1 Å². The van der Waals surface area contributed by atoms with Gasteiger partial charge >= 0.3 is 6.18 Å². The highest BCUT2D eigenvalue weighted by Crippen LogP contribution is 2.40. The second-order valence-corrected chi connectivity index (χ2v) is 9.47. The van der Waals surface area contributed by atoms with Crippen molar-refractivity contribution in [1.82, 2.24) is 39.1 Å². The molecule has 1 aliphatic carbocycles. The van der Waals surface area contributed by atoms with Crippen molar-refractivity contribution in [2.75, 3.05) is 5.32 Å². The lowest BCUT2D eigenvalue weighted by atomic mass is 10.1. The van der Waals surface area contributed by atoms with Crippen molar-refractivity contribution in [2.24, 2.45) is 14.1 Å². The van der Waals surface area contributed by atoms with E-state index in [0.29, 0.717) is 51.5 Å². The molecule has 0 radical (unpaired) electrons. The van der Waals surface area contributed by atoms with E-state index in [-0.39, 0.29) is 5.82 Å². The van der Waals surface area contributed by atoms with E-state index in [1.165, 1.54) is 4.57 Å². The Bertz CT molecular complexity index is 1610. The maximum atomic E-state index is 13.0. The summed E-state index contributed by atoms with van der Waals surface area (Å²) in [6, 6.07) is 7.46. The lowest BCUT2D eigenvalue weighted by Crippen LogP contribution is -2.07. The molecule has 1 aliphatic rings. The molecular formula is C24H21ClF3N9. The fourth-order valence-corrected chi connectivity index (χ4v) is 4.44. The van der Waals surface area contributed by atoms with Gasteiger partial charge in [-0.2, -0.15) is 23.4 Å². The predicted octanol–water partition coefficient (Wildman–Crippen LogP) is 5.25. The van der Waals surface area contributed by atoms with Crippen LogP contribution in [0.4, 0.5) is 19.0 Å². The van der Waals surface area contributed by atoms with Crippen LogP contribution in [0.5, 0.6) is 0 Å². The fraction of sp³-hybridized carbons (Fsp3) is 0.292. The molecule has 0 aliphatic heterocycles. The molecule has 0 saturated heterocycles. The summed E-state index contributed by atoms with van der Waals surface area (Å²) in [5, 5.41) is 12.7. The summed E-state index contributed by atoms with van der Waals surface area (Å²) >= 11 is 6.46. The molecule has 9 nitrogen and oxygen atoms in total. The highest BCUT2D eigenvalue weighted by atomic mass is 35.5. The van der Waals surface area contributed by atoms with Gasteiger partial charge in [-0.3, -0.25) is 9.36 Å². The summed E-state index contributed by atoms with van der Waals surface area (Å²) in [5.41, 5.74) is 2.53. The lowest BCUT2D eigenvalue weighted by molar-refractivity contribution is -0.140. The van der Waals surface area contributed by atoms with Crippen molar-refractivity contribution in [2.45, 2.75) is 31.6 Å². The van der Waals surface area contributed by atoms with E-state index in [1.54, 1.807) is 30.1 Å². The molecule has 1 N–H and O–H groups in total. The molecule has 13 heteroatoms. The van der Waals surface area contributed by atoms with Gasteiger partial charge in [0.15, 0.2) is 22.9 Å². The maximum Gasteiger partial charge on any atom is 0.434 e. The Balaban J connectivity index is 1.28. The van der Waals surface area contributed by atoms with E-state index in [9.17, 15) is 13.2 Å². The SMILES string of the molecule is Cn1cc2nc(-c3c(Cl)cnn3C3CC3)nc(NCc3ccc(-c4nc(C(F)(F)F)cn4C)cc3)c2n1. The van der Waals surface area contributed by atoms with Crippen LogP contribution in [0.15, 0.2) is 42.9 Å². The molecule has 0 bridgehead atoms. The van der Waals surface area contributed by atoms with Crippen LogP contribution in [-0.2, 0) is 26.8 Å². The molecule has 6 rings (SSSR count). The van der Waals surface area contributed by atoms with Crippen LogP contribution < -0.4 is 5.32 Å². The van der Waals surface area contributed by atoms with Gasteiger partial charge in [-0.05, 0) is 18.4 Å². The van der Waals surface area contributed by atoms with Crippen molar-refractivity contribution in [3.05, 3.63) is 59.1 Å². The van der Waals surface area contributed by atoms with Gasteiger partial charge in [0, 0.05) is 32.4 Å².